The maximum Gasteiger partial charge on any atom is 0.328 e. The zero-order valence-corrected chi connectivity index (χ0v) is 10.4. The third-order valence-electron chi connectivity index (χ3n) is 2.86. The van der Waals surface area contributed by atoms with Gasteiger partial charge < -0.3 is 5.11 Å². The van der Waals surface area contributed by atoms with Gasteiger partial charge in [-0.3, -0.25) is 0 Å². The molecule has 2 nitrogen and oxygen atoms in total. The molecule has 0 unspecified atom stereocenters. The molecule has 0 heterocycles. The Balaban J connectivity index is 2.28. The van der Waals surface area contributed by atoms with E-state index >= 15 is 0 Å². The van der Waals surface area contributed by atoms with Crippen LogP contribution in [0.5, 0.6) is 0 Å². The smallest absolute Gasteiger partial charge is 0.328 e. The van der Waals surface area contributed by atoms with Crippen molar-refractivity contribution in [2.24, 2.45) is 0 Å². The molecule has 2 aromatic carbocycles. The normalized spacial score (nSPS) is 11.4. The van der Waals surface area contributed by atoms with Crippen LogP contribution in [0, 0.1) is 5.82 Å². The van der Waals surface area contributed by atoms with Crippen molar-refractivity contribution in [3.05, 3.63) is 66.0 Å². The van der Waals surface area contributed by atoms with Crippen molar-refractivity contribution in [2.75, 3.05) is 0 Å². The molecule has 0 aliphatic heterocycles. The SMILES string of the molecule is C/C(=C/C(=O)O)c1ccc(-c2ccc(F)cc2)cc1. The summed E-state index contributed by atoms with van der Waals surface area (Å²) < 4.78 is 12.8. The number of carboxylic acid groups (broad SMARTS) is 1. The minimum Gasteiger partial charge on any atom is -0.478 e. The Bertz CT molecular complexity index is 610. The van der Waals surface area contributed by atoms with E-state index in [0.717, 1.165) is 16.7 Å². The number of hydrogen-bond donors (Lipinski definition) is 1. The van der Waals surface area contributed by atoms with Crippen LogP contribution < -0.4 is 0 Å². The van der Waals surface area contributed by atoms with E-state index in [4.69, 9.17) is 5.11 Å². The molecule has 0 amide bonds. The fourth-order valence-corrected chi connectivity index (χ4v) is 1.84. The van der Waals surface area contributed by atoms with Gasteiger partial charge in [-0.25, -0.2) is 9.18 Å². The van der Waals surface area contributed by atoms with Gasteiger partial charge in [-0.15, -0.1) is 0 Å². The molecule has 0 atom stereocenters. The Hall–Kier alpha value is -2.42. The van der Waals surface area contributed by atoms with E-state index in [1.807, 2.05) is 24.3 Å². The monoisotopic (exact) mass is 256 g/mol. The van der Waals surface area contributed by atoms with Crippen LogP contribution in [0.4, 0.5) is 4.39 Å². The lowest BCUT2D eigenvalue weighted by molar-refractivity contribution is -0.131. The summed E-state index contributed by atoms with van der Waals surface area (Å²) in [6.45, 7) is 1.75. The van der Waals surface area contributed by atoms with Gasteiger partial charge in [-0.2, -0.15) is 0 Å². The first-order valence-corrected chi connectivity index (χ1v) is 5.84. The molecular formula is C16H13FO2. The van der Waals surface area contributed by atoms with E-state index in [9.17, 15) is 9.18 Å². The van der Waals surface area contributed by atoms with Gasteiger partial charge >= 0.3 is 5.97 Å². The fourth-order valence-electron chi connectivity index (χ4n) is 1.84. The molecule has 3 heteroatoms. The number of hydrogen-bond acceptors (Lipinski definition) is 1. The molecule has 0 saturated heterocycles. The summed E-state index contributed by atoms with van der Waals surface area (Å²) in [6, 6.07) is 13.7. The number of halogens is 1. The highest BCUT2D eigenvalue weighted by Gasteiger charge is 2.01. The van der Waals surface area contributed by atoms with Gasteiger partial charge in [0.2, 0.25) is 0 Å². The number of aliphatic carboxylic acids is 1. The Labute approximate surface area is 110 Å². The van der Waals surface area contributed by atoms with E-state index in [0.29, 0.717) is 5.57 Å². The molecule has 0 fully saturated rings. The Kier molecular flexibility index (Phi) is 3.76. The highest BCUT2D eigenvalue weighted by Crippen LogP contribution is 2.22. The molecule has 1 N–H and O–H groups in total. The Morgan fingerprint density at radius 3 is 1.95 bits per heavy atom. The van der Waals surface area contributed by atoms with E-state index in [-0.39, 0.29) is 5.82 Å². The molecule has 0 bridgehead atoms. The Morgan fingerprint density at radius 1 is 1.00 bits per heavy atom. The molecule has 19 heavy (non-hydrogen) atoms. The number of carboxylic acids is 1. The molecule has 2 aromatic rings. The first-order valence-electron chi connectivity index (χ1n) is 5.84. The number of allylic oxidation sites excluding steroid dienone is 1. The number of benzene rings is 2. The molecule has 96 valence electrons. The predicted octanol–water partition coefficient (Wildman–Crippen LogP) is 3.98. The fraction of sp³-hybridized carbons (Fsp3) is 0.0625. The van der Waals surface area contributed by atoms with Crippen LogP contribution in [-0.2, 0) is 4.79 Å². The average Bonchev–Trinajstić information content (AvgIpc) is 2.39. The van der Waals surface area contributed by atoms with Crippen LogP contribution in [0.25, 0.3) is 16.7 Å². The molecule has 0 radical (unpaired) electrons. The summed E-state index contributed by atoms with van der Waals surface area (Å²) in [5.74, 6) is -1.22. The highest BCUT2D eigenvalue weighted by molar-refractivity contribution is 5.89. The molecule has 0 aliphatic rings. The summed E-state index contributed by atoms with van der Waals surface area (Å²) in [7, 11) is 0. The first-order chi connectivity index (χ1) is 9.06. The second-order valence-electron chi connectivity index (χ2n) is 4.25. The molecule has 0 saturated carbocycles. The zero-order chi connectivity index (χ0) is 13.8. The standard InChI is InChI=1S/C16H13FO2/c1-11(10-16(18)19)12-2-4-13(5-3-12)14-6-8-15(17)9-7-14/h2-10H,1H3,(H,18,19)/b11-10-. The van der Waals surface area contributed by atoms with Crippen LogP contribution in [0.15, 0.2) is 54.6 Å². The maximum absolute atomic E-state index is 12.8. The van der Waals surface area contributed by atoms with Crippen molar-refractivity contribution in [1.29, 1.82) is 0 Å². The van der Waals surface area contributed by atoms with Crippen molar-refractivity contribution >= 4 is 11.5 Å². The van der Waals surface area contributed by atoms with Gasteiger partial charge in [0.05, 0.1) is 0 Å². The van der Waals surface area contributed by atoms with Gasteiger partial charge in [-0.1, -0.05) is 36.4 Å². The minimum absolute atomic E-state index is 0.263. The summed E-state index contributed by atoms with van der Waals surface area (Å²) >= 11 is 0. The van der Waals surface area contributed by atoms with Crippen LogP contribution in [0.1, 0.15) is 12.5 Å². The highest BCUT2D eigenvalue weighted by atomic mass is 19.1. The zero-order valence-electron chi connectivity index (χ0n) is 10.4. The molecular weight excluding hydrogens is 243 g/mol. The lowest BCUT2D eigenvalue weighted by Crippen LogP contribution is -1.90. The van der Waals surface area contributed by atoms with Crippen molar-refractivity contribution in [3.63, 3.8) is 0 Å². The number of rotatable bonds is 3. The van der Waals surface area contributed by atoms with Gasteiger partial charge in [0.15, 0.2) is 0 Å². The van der Waals surface area contributed by atoms with Crippen molar-refractivity contribution < 1.29 is 14.3 Å². The Morgan fingerprint density at radius 2 is 1.47 bits per heavy atom. The molecule has 0 aromatic heterocycles. The third-order valence-corrected chi connectivity index (χ3v) is 2.86. The largest absolute Gasteiger partial charge is 0.478 e. The van der Waals surface area contributed by atoms with Gasteiger partial charge in [0, 0.05) is 6.08 Å². The van der Waals surface area contributed by atoms with Crippen molar-refractivity contribution in [2.45, 2.75) is 6.92 Å². The second-order valence-corrected chi connectivity index (χ2v) is 4.25. The van der Waals surface area contributed by atoms with E-state index in [1.54, 1.807) is 19.1 Å². The molecule has 0 spiro atoms. The quantitative estimate of drug-likeness (QED) is 0.843. The van der Waals surface area contributed by atoms with Crippen LogP contribution >= 0.6 is 0 Å². The second kappa shape index (κ2) is 5.48. The van der Waals surface area contributed by atoms with Crippen LogP contribution in [-0.4, -0.2) is 11.1 Å². The van der Waals surface area contributed by atoms with Crippen LogP contribution in [0.2, 0.25) is 0 Å². The predicted molar refractivity (Wildman–Crippen MR) is 73.1 cm³/mol. The lowest BCUT2D eigenvalue weighted by atomic mass is 10.0. The maximum atomic E-state index is 12.8. The minimum atomic E-state index is -0.958. The van der Waals surface area contributed by atoms with Crippen LogP contribution in [0.3, 0.4) is 0 Å². The average molecular weight is 256 g/mol. The van der Waals surface area contributed by atoms with Gasteiger partial charge in [-0.05, 0) is 41.3 Å². The van der Waals surface area contributed by atoms with Gasteiger partial charge in [0.1, 0.15) is 5.82 Å². The summed E-state index contributed by atoms with van der Waals surface area (Å²) in [4.78, 5) is 10.6. The third kappa shape index (κ3) is 3.28. The van der Waals surface area contributed by atoms with Gasteiger partial charge in [0.25, 0.3) is 0 Å². The van der Waals surface area contributed by atoms with E-state index in [1.165, 1.54) is 18.2 Å². The van der Waals surface area contributed by atoms with Crippen molar-refractivity contribution in [1.82, 2.24) is 0 Å². The summed E-state index contributed by atoms with van der Waals surface area (Å²) in [5.41, 5.74) is 3.44. The van der Waals surface area contributed by atoms with E-state index in [2.05, 4.69) is 0 Å². The van der Waals surface area contributed by atoms with Crippen molar-refractivity contribution in [3.8, 4) is 11.1 Å². The lowest BCUT2D eigenvalue weighted by Gasteiger charge is -2.04. The van der Waals surface area contributed by atoms with E-state index < -0.39 is 5.97 Å². The summed E-state index contributed by atoms with van der Waals surface area (Å²) in [6.07, 6.45) is 1.17. The molecule has 2 rings (SSSR count). The molecule has 0 aliphatic carbocycles. The first kappa shape index (κ1) is 13.0. The topological polar surface area (TPSA) is 37.3 Å². The summed E-state index contributed by atoms with van der Waals surface area (Å²) in [5, 5.41) is 8.69. The number of carbonyl (C=O) groups is 1.